The number of nitrogens with two attached hydrogens (primary N) is 1. The van der Waals surface area contributed by atoms with Crippen molar-refractivity contribution in [2.75, 3.05) is 18.0 Å². The van der Waals surface area contributed by atoms with Crippen molar-refractivity contribution >= 4 is 30.5 Å². The van der Waals surface area contributed by atoms with Crippen LogP contribution in [0.25, 0.3) is 0 Å². The zero-order valence-electron chi connectivity index (χ0n) is 11.8. The van der Waals surface area contributed by atoms with Gasteiger partial charge in [-0.3, -0.25) is 0 Å². The highest BCUT2D eigenvalue weighted by Crippen LogP contribution is 2.35. The number of hydrogen-bond donors (Lipinski definition) is 1. The molecule has 0 aromatic heterocycles. The van der Waals surface area contributed by atoms with Crippen molar-refractivity contribution < 1.29 is 13.2 Å². The molecular formula is C14H21Cl2F3N2. The van der Waals surface area contributed by atoms with E-state index < -0.39 is 12.1 Å². The molecule has 1 fully saturated rings. The molecule has 1 aliphatic heterocycles. The second-order valence-corrected chi connectivity index (χ2v) is 5.12. The van der Waals surface area contributed by atoms with Crippen LogP contribution in [0.5, 0.6) is 0 Å². The fraction of sp³-hybridized carbons (Fsp3) is 0.571. The minimum absolute atomic E-state index is 0. The van der Waals surface area contributed by atoms with E-state index >= 15 is 0 Å². The van der Waals surface area contributed by atoms with Gasteiger partial charge in [0.1, 0.15) is 0 Å². The number of halogens is 5. The molecule has 0 atom stereocenters. The first-order valence-corrected chi connectivity index (χ1v) is 6.53. The van der Waals surface area contributed by atoms with E-state index in [-0.39, 0.29) is 37.7 Å². The van der Waals surface area contributed by atoms with Crippen molar-refractivity contribution in [3.63, 3.8) is 0 Å². The van der Waals surface area contributed by atoms with Gasteiger partial charge < -0.3 is 10.6 Å². The van der Waals surface area contributed by atoms with E-state index in [1.165, 1.54) is 0 Å². The molecule has 1 aromatic carbocycles. The van der Waals surface area contributed by atoms with Gasteiger partial charge in [-0.2, -0.15) is 13.2 Å². The molecule has 0 unspecified atom stereocenters. The number of rotatable bonds is 2. The van der Waals surface area contributed by atoms with Gasteiger partial charge in [0.15, 0.2) is 0 Å². The minimum Gasteiger partial charge on any atom is -0.371 e. The molecule has 1 aliphatic rings. The van der Waals surface area contributed by atoms with E-state index in [9.17, 15) is 13.2 Å². The molecule has 2 N–H and O–H groups in total. The lowest BCUT2D eigenvalue weighted by Gasteiger charge is -2.34. The average Bonchev–Trinajstić information content (AvgIpc) is 2.38. The van der Waals surface area contributed by atoms with Crippen LogP contribution in [0.4, 0.5) is 18.9 Å². The molecule has 1 aromatic rings. The van der Waals surface area contributed by atoms with Crippen LogP contribution in [-0.4, -0.2) is 19.3 Å². The first-order chi connectivity index (χ1) is 8.91. The maximum atomic E-state index is 12.6. The van der Waals surface area contributed by atoms with Crippen LogP contribution < -0.4 is 10.6 Å². The Bertz CT molecular complexity index is 444. The smallest absolute Gasteiger partial charge is 0.371 e. The Morgan fingerprint density at radius 1 is 1.19 bits per heavy atom. The summed E-state index contributed by atoms with van der Waals surface area (Å²) in [5.74, 6) is -1.15. The number of alkyl halides is 3. The Hall–Kier alpha value is -0.650. The van der Waals surface area contributed by atoms with Gasteiger partial charge in [-0.25, -0.2) is 0 Å². The second-order valence-electron chi connectivity index (χ2n) is 5.12. The fourth-order valence-electron chi connectivity index (χ4n) is 2.57. The predicted molar refractivity (Wildman–Crippen MR) is 84.6 cm³/mol. The quantitative estimate of drug-likeness (QED) is 0.875. The highest BCUT2D eigenvalue weighted by Gasteiger charge is 2.41. The van der Waals surface area contributed by atoms with Gasteiger partial charge in [0.2, 0.25) is 0 Å². The van der Waals surface area contributed by atoms with Gasteiger partial charge in [0.05, 0.1) is 5.92 Å². The van der Waals surface area contributed by atoms with Crippen LogP contribution in [-0.2, 0) is 6.54 Å². The van der Waals surface area contributed by atoms with Crippen LogP contribution in [0.2, 0.25) is 0 Å². The van der Waals surface area contributed by atoms with Gasteiger partial charge >= 0.3 is 6.18 Å². The molecular weight excluding hydrogens is 324 g/mol. The highest BCUT2D eigenvalue weighted by atomic mass is 35.5. The Morgan fingerprint density at radius 3 is 2.19 bits per heavy atom. The van der Waals surface area contributed by atoms with Crippen molar-refractivity contribution in [3.05, 3.63) is 29.3 Å². The van der Waals surface area contributed by atoms with Crippen molar-refractivity contribution in [2.24, 2.45) is 11.7 Å². The molecule has 7 heteroatoms. The lowest BCUT2D eigenvalue weighted by molar-refractivity contribution is -0.179. The Kier molecular flexibility index (Phi) is 7.86. The maximum Gasteiger partial charge on any atom is 0.391 e. The van der Waals surface area contributed by atoms with Gasteiger partial charge in [-0.15, -0.1) is 24.8 Å². The monoisotopic (exact) mass is 344 g/mol. The summed E-state index contributed by atoms with van der Waals surface area (Å²) in [6.07, 6.45) is -3.69. The summed E-state index contributed by atoms with van der Waals surface area (Å²) < 4.78 is 37.8. The van der Waals surface area contributed by atoms with Crippen LogP contribution >= 0.6 is 24.8 Å². The number of piperidine rings is 1. The first-order valence-electron chi connectivity index (χ1n) is 6.53. The number of hydrogen-bond acceptors (Lipinski definition) is 2. The molecule has 122 valence electrons. The summed E-state index contributed by atoms with van der Waals surface area (Å²) in [6.45, 7) is 3.40. The van der Waals surface area contributed by atoms with Crippen molar-refractivity contribution in [1.29, 1.82) is 0 Å². The topological polar surface area (TPSA) is 29.3 Å². The van der Waals surface area contributed by atoms with E-state index in [0.717, 1.165) is 16.8 Å². The summed E-state index contributed by atoms with van der Waals surface area (Å²) in [5.41, 5.74) is 8.78. The molecule has 0 aliphatic carbocycles. The summed E-state index contributed by atoms with van der Waals surface area (Å²) in [7, 11) is 0. The van der Waals surface area contributed by atoms with Crippen molar-refractivity contribution in [2.45, 2.75) is 32.5 Å². The third kappa shape index (κ3) is 4.94. The van der Waals surface area contributed by atoms with E-state index in [0.29, 0.717) is 19.6 Å². The molecule has 21 heavy (non-hydrogen) atoms. The normalized spacial score (nSPS) is 16.1. The highest BCUT2D eigenvalue weighted by molar-refractivity contribution is 5.85. The lowest BCUT2D eigenvalue weighted by atomic mass is 9.95. The summed E-state index contributed by atoms with van der Waals surface area (Å²) >= 11 is 0. The number of benzene rings is 1. The number of nitrogens with zero attached hydrogens (tertiary/aromatic N) is 1. The zero-order chi connectivity index (χ0) is 14.0. The van der Waals surface area contributed by atoms with Crippen LogP contribution in [0.1, 0.15) is 24.0 Å². The molecule has 2 rings (SSSR count). The van der Waals surface area contributed by atoms with Crippen molar-refractivity contribution in [1.82, 2.24) is 0 Å². The number of anilines is 1. The van der Waals surface area contributed by atoms with Crippen LogP contribution in [0.15, 0.2) is 18.2 Å². The van der Waals surface area contributed by atoms with E-state index in [1.54, 1.807) is 0 Å². The molecule has 0 radical (unpaired) electrons. The predicted octanol–water partition coefficient (Wildman–Crippen LogP) is 4.08. The molecule has 0 spiro atoms. The third-order valence-corrected chi connectivity index (χ3v) is 3.87. The summed E-state index contributed by atoms with van der Waals surface area (Å²) in [5, 5.41) is 0. The fourth-order valence-corrected chi connectivity index (χ4v) is 2.57. The number of aryl methyl sites for hydroxylation is 1. The van der Waals surface area contributed by atoms with Gasteiger partial charge in [-0.1, -0.05) is 6.07 Å². The summed E-state index contributed by atoms with van der Waals surface area (Å²) in [4.78, 5) is 2.02. The van der Waals surface area contributed by atoms with Gasteiger partial charge in [0, 0.05) is 25.3 Å². The van der Waals surface area contributed by atoms with E-state index in [4.69, 9.17) is 5.73 Å². The van der Waals surface area contributed by atoms with Crippen LogP contribution in [0, 0.1) is 12.8 Å². The molecule has 0 saturated carbocycles. The zero-order valence-corrected chi connectivity index (χ0v) is 13.5. The van der Waals surface area contributed by atoms with Crippen LogP contribution in [0.3, 0.4) is 0 Å². The average molecular weight is 345 g/mol. The largest absolute Gasteiger partial charge is 0.391 e. The summed E-state index contributed by atoms with van der Waals surface area (Å²) in [6, 6.07) is 5.92. The molecule has 0 bridgehead atoms. The maximum absolute atomic E-state index is 12.6. The first kappa shape index (κ1) is 20.3. The standard InChI is InChI=1S/C14H19F3N2.2ClH/c1-10-8-13(3-2-11(10)9-18)19-6-4-12(5-7-19)14(15,16)17;;/h2-3,8,12H,4-7,9,18H2,1H3;2*1H. The Balaban J connectivity index is 0.00000200. The second kappa shape index (κ2) is 8.11. The Morgan fingerprint density at radius 2 is 1.76 bits per heavy atom. The SMILES string of the molecule is Cc1cc(N2CCC(C(F)(F)F)CC2)ccc1CN.Cl.Cl. The van der Waals surface area contributed by atoms with Crippen molar-refractivity contribution in [3.8, 4) is 0 Å². The van der Waals surface area contributed by atoms with E-state index in [1.807, 2.05) is 30.0 Å². The third-order valence-electron chi connectivity index (χ3n) is 3.87. The van der Waals surface area contributed by atoms with Gasteiger partial charge in [-0.05, 0) is 43.0 Å². The van der Waals surface area contributed by atoms with Gasteiger partial charge in [0.25, 0.3) is 0 Å². The molecule has 1 heterocycles. The lowest BCUT2D eigenvalue weighted by Crippen LogP contribution is -2.39. The molecule has 0 amide bonds. The van der Waals surface area contributed by atoms with E-state index in [2.05, 4.69) is 0 Å². The Labute approximate surface area is 135 Å². The molecule has 1 saturated heterocycles. The molecule has 2 nitrogen and oxygen atoms in total. The minimum atomic E-state index is -4.05.